The lowest BCUT2D eigenvalue weighted by Crippen LogP contribution is -2.36. The highest BCUT2D eigenvalue weighted by Gasteiger charge is 2.31. The average Bonchev–Trinajstić information content (AvgIpc) is 3.31. The number of H-pyrrole nitrogens is 1. The summed E-state index contributed by atoms with van der Waals surface area (Å²) in [6.45, 7) is 3.95. The van der Waals surface area contributed by atoms with Gasteiger partial charge in [0.25, 0.3) is 16.9 Å². The molecule has 3 aromatic rings. The SMILES string of the molecule is Cc1c(Cl)c[s+](C(=O)Nc2n[nH]c(N)n2)c1NC(=O)c1cc(F)cc(N2CCOCC2)c1. The van der Waals surface area contributed by atoms with Crippen molar-refractivity contribution < 1.29 is 18.7 Å². The minimum Gasteiger partial charge on any atom is -0.378 e. The van der Waals surface area contributed by atoms with Crippen LogP contribution >= 0.6 is 22.1 Å². The van der Waals surface area contributed by atoms with Crippen molar-refractivity contribution in [2.24, 2.45) is 0 Å². The van der Waals surface area contributed by atoms with Crippen LogP contribution in [0.15, 0.2) is 23.6 Å². The molecule has 2 amide bonds. The summed E-state index contributed by atoms with van der Waals surface area (Å²) in [4.78, 5) is 31.5. The second-order valence-electron chi connectivity index (χ2n) is 6.97. The number of thiophene rings is 1. The Morgan fingerprint density at radius 2 is 2.03 bits per heavy atom. The number of carbonyl (C=O) groups excluding carboxylic acids is 2. The smallest absolute Gasteiger partial charge is 0.378 e. The molecule has 4 rings (SSSR count). The molecule has 1 fully saturated rings. The number of amides is 2. The number of rotatable bonds is 5. The first-order chi connectivity index (χ1) is 15.3. The Morgan fingerprint density at radius 3 is 2.72 bits per heavy atom. The number of aromatic amines is 1. The number of anilines is 4. The second kappa shape index (κ2) is 9.10. The van der Waals surface area contributed by atoms with Crippen LogP contribution < -0.4 is 21.3 Å². The predicted molar refractivity (Wildman–Crippen MR) is 121 cm³/mol. The molecule has 2 aromatic heterocycles. The third-order valence-electron chi connectivity index (χ3n) is 4.80. The molecule has 1 aliphatic rings. The van der Waals surface area contributed by atoms with E-state index in [9.17, 15) is 14.0 Å². The van der Waals surface area contributed by atoms with Crippen molar-refractivity contribution in [1.29, 1.82) is 0 Å². The zero-order valence-electron chi connectivity index (χ0n) is 16.9. The van der Waals surface area contributed by atoms with E-state index in [1.165, 1.54) is 11.4 Å². The van der Waals surface area contributed by atoms with Gasteiger partial charge in [0.15, 0.2) is 5.38 Å². The molecule has 10 nitrogen and oxygen atoms in total. The van der Waals surface area contributed by atoms with Gasteiger partial charge in [0, 0.05) is 24.3 Å². The van der Waals surface area contributed by atoms with Crippen LogP contribution in [0.25, 0.3) is 0 Å². The van der Waals surface area contributed by atoms with Crippen LogP contribution in [-0.2, 0) is 4.74 Å². The van der Waals surface area contributed by atoms with Gasteiger partial charge in [-0.05, 0) is 25.1 Å². The van der Waals surface area contributed by atoms with Crippen LogP contribution in [0.5, 0.6) is 0 Å². The fourth-order valence-electron chi connectivity index (χ4n) is 3.18. The highest BCUT2D eigenvalue weighted by molar-refractivity contribution is 7.54. The first kappa shape index (κ1) is 22.0. The summed E-state index contributed by atoms with van der Waals surface area (Å²) in [6.07, 6.45) is 0. The number of hydrogen-bond donors (Lipinski definition) is 4. The summed E-state index contributed by atoms with van der Waals surface area (Å²) >= 11 is 6.23. The van der Waals surface area contributed by atoms with Crippen LogP contribution in [0.3, 0.4) is 0 Å². The number of nitrogen functional groups attached to an aromatic ring is 1. The van der Waals surface area contributed by atoms with Crippen molar-refractivity contribution >= 4 is 55.8 Å². The molecule has 1 unspecified atom stereocenters. The predicted octanol–water partition coefficient (Wildman–Crippen LogP) is 3.41. The molecular formula is C19H20ClFN7O3S+. The Hall–Kier alpha value is -3.22. The van der Waals surface area contributed by atoms with Gasteiger partial charge >= 0.3 is 5.24 Å². The van der Waals surface area contributed by atoms with Gasteiger partial charge in [-0.25, -0.2) is 19.6 Å². The quantitative estimate of drug-likeness (QED) is 0.410. The Bertz CT molecular complexity index is 1180. The fourth-order valence-corrected chi connectivity index (χ4v) is 5.24. The van der Waals surface area contributed by atoms with Crippen molar-refractivity contribution in [3.05, 3.63) is 45.5 Å². The third-order valence-corrected chi connectivity index (χ3v) is 7.15. The number of morpholine rings is 1. The average molecular weight is 481 g/mol. The third kappa shape index (κ3) is 4.66. The Labute approximate surface area is 189 Å². The highest BCUT2D eigenvalue weighted by atomic mass is 35.5. The molecule has 13 heteroatoms. The topological polar surface area (TPSA) is 138 Å². The summed E-state index contributed by atoms with van der Waals surface area (Å²) in [5, 5.41) is 13.1. The van der Waals surface area contributed by atoms with Crippen molar-refractivity contribution in [2.75, 3.05) is 47.6 Å². The lowest BCUT2D eigenvalue weighted by atomic mass is 10.1. The number of benzene rings is 1. The number of nitrogens with two attached hydrogens (primary N) is 1. The van der Waals surface area contributed by atoms with Crippen LogP contribution in [-0.4, -0.2) is 52.6 Å². The first-order valence-corrected chi connectivity index (χ1v) is 11.2. The van der Waals surface area contributed by atoms with E-state index in [2.05, 4.69) is 25.8 Å². The van der Waals surface area contributed by atoms with Crippen LogP contribution in [0, 0.1) is 12.7 Å². The summed E-state index contributed by atoms with van der Waals surface area (Å²) in [7, 11) is -1.22. The standard InChI is InChI=1S/C19H19ClFN7O3S/c1-10-14(20)9-32(19(30)25-18-24-17(22)26-27-18)16(10)23-15(29)11-6-12(21)8-13(7-11)28-2-4-31-5-3-28/h6-9H,2-5H2,1H3,(H4-,22,23,24,25,26,27,29,30)/p+1. The van der Waals surface area contributed by atoms with Gasteiger partial charge in [-0.1, -0.05) is 11.6 Å². The van der Waals surface area contributed by atoms with E-state index in [0.717, 1.165) is 6.07 Å². The Morgan fingerprint density at radius 1 is 1.28 bits per heavy atom. The van der Waals surface area contributed by atoms with Gasteiger partial charge in [-0.2, -0.15) is 4.98 Å². The number of carbonyl (C=O) groups is 2. The Kier molecular flexibility index (Phi) is 6.26. The molecular weight excluding hydrogens is 461 g/mol. The molecule has 5 N–H and O–H groups in total. The van der Waals surface area contributed by atoms with E-state index in [4.69, 9.17) is 22.1 Å². The molecule has 0 bridgehead atoms. The number of nitrogens with zero attached hydrogens (tertiary/aromatic N) is 3. The molecule has 1 aromatic carbocycles. The van der Waals surface area contributed by atoms with Crippen molar-refractivity contribution in [3.8, 4) is 0 Å². The summed E-state index contributed by atoms with van der Waals surface area (Å²) < 4.78 is 19.6. The van der Waals surface area contributed by atoms with Crippen LogP contribution in [0.4, 0.5) is 31.8 Å². The minimum atomic E-state index is -1.22. The van der Waals surface area contributed by atoms with E-state index < -0.39 is 27.4 Å². The zero-order chi connectivity index (χ0) is 22.8. The number of nitrogens with one attached hydrogen (secondary N) is 3. The number of ether oxygens (including phenoxy) is 1. The molecule has 0 radical (unpaired) electrons. The maximum Gasteiger partial charge on any atom is 0.464 e. The van der Waals surface area contributed by atoms with Gasteiger partial charge in [0.1, 0.15) is 21.3 Å². The van der Waals surface area contributed by atoms with E-state index in [1.807, 2.05) is 4.90 Å². The monoisotopic (exact) mass is 480 g/mol. The lowest BCUT2D eigenvalue weighted by Gasteiger charge is -2.29. The van der Waals surface area contributed by atoms with Gasteiger partial charge in [0.05, 0.1) is 18.8 Å². The Balaban J connectivity index is 1.58. The molecule has 1 atom stereocenters. The normalized spacial score (nSPS) is 14.3. The van der Waals surface area contributed by atoms with Crippen molar-refractivity contribution in [3.63, 3.8) is 0 Å². The van der Waals surface area contributed by atoms with Crippen molar-refractivity contribution in [1.82, 2.24) is 15.2 Å². The highest BCUT2D eigenvalue weighted by Crippen LogP contribution is 2.41. The molecule has 0 aliphatic carbocycles. The maximum absolute atomic E-state index is 14.3. The van der Waals surface area contributed by atoms with Gasteiger partial charge < -0.3 is 15.4 Å². The van der Waals surface area contributed by atoms with Crippen LogP contribution in [0.2, 0.25) is 5.02 Å². The first-order valence-electron chi connectivity index (χ1n) is 9.57. The van der Waals surface area contributed by atoms with Gasteiger partial charge in [-0.15, -0.1) is 5.10 Å². The van der Waals surface area contributed by atoms with E-state index >= 15 is 0 Å². The molecule has 168 valence electrons. The van der Waals surface area contributed by atoms with E-state index in [-0.39, 0.29) is 17.5 Å². The fraction of sp³-hybridized carbons (Fsp3) is 0.263. The molecule has 32 heavy (non-hydrogen) atoms. The molecule has 0 saturated carbocycles. The maximum atomic E-state index is 14.3. The molecule has 3 heterocycles. The molecule has 1 aliphatic heterocycles. The second-order valence-corrected chi connectivity index (χ2v) is 9.06. The number of hydrogen-bond acceptors (Lipinski definition) is 7. The van der Waals surface area contributed by atoms with E-state index in [1.54, 1.807) is 13.0 Å². The molecule has 0 spiro atoms. The van der Waals surface area contributed by atoms with Crippen molar-refractivity contribution in [2.45, 2.75) is 6.92 Å². The largest absolute Gasteiger partial charge is 0.464 e. The summed E-state index contributed by atoms with van der Waals surface area (Å²) in [5.74, 6) is -1.04. The zero-order valence-corrected chi connectivity index (χ0v) is 18.5. The summed E-state index contributed by atoms with van der Waals surface area (Å²) in [5.41, 5.74) is 6.72. The molecule has 1 saturated heterocycles. The number of aromatic nitrogens is 3. The summed E-state index contributed by atoms with van der Waals surface area (Å²) in [6, 6.07) is 4.13. The number of halogens is 2. The van der Waals surface area contributed by atoms with Gasteiger partial charge in [0.2, 0.25) is 5.95 Å². The van der Waals surface area contributed by atoms with E-state index in [0.29, 0.717) is 47.6 Å². The lowest BCUT2D eigenvalue weighted by molar-refractivity contribution is 0.102. The van der Waals surface area contributed by atoms with Gasteiger partial charge in [-0.3, -0.25) is 10.1 Å². The minimum absolute atomic E-state index is 0.0000328. The van der Waals surface area contributed by atoms with Crippen LogP contribution in [0.1, 0.15) is 15.9 Å².